The van der Waals surface area contributed by atoms with Crippen molar-refractivity contribution in [3.05, 3.63) is 18.2 Å². The van der Waals surface area contributed by atoms with Crippen LogP contribution in [0, 0.1) is 0 Å². The SMILES string of the molecule is CCCNC1CCCN(c2ccc3c(c2)OC(F)(F)O3)C1. The highest BCUT2D eigenvalue weighted by molar-refractivity contribution is 5.57. The fraction of sp³-hybridized carbons (Fsp3) is 0.600. The Labute approximate surface area is 123 Å². The number of alkyl halides is 2. The van der Waals surface area contributed by atoms with Crippen LogP contribution in [0.25, 0.3) is 0 Å². The predicted molar refractivity (Wildman–Crippen MR) is 76.2 cm³/mol. The smallest absolute Gasteiger partial charge is 0.395 e. The lowest BCUT2D eigenvalue weighted by atomic mass is 10.0. The maximum absolute atomic E-state index is 13.0. The molecule has 0 amide bonds. The van der Waals surface area contributed by atoms with Crippen molar-refractivity contribution in [3.8, 4) is 11.5 Å². The molecule has 2 aliphatic rings. The van der Waals surface area contributed by atoms with Gasteiger partial charge in [-0.2, -0.15) is 0 Å². The van der Waals surface area contributed by atoms with Gasteiger partial charge < -0.3 is 19.7 Å². The number of hydrogen-bond donors (Lipinski definition) is 1. The standard InChI is InChI=1S/C15H20F2N2O2/c1-2-7-18-11-4-3-8-19(10-11)12-5-6-13-14(9-12)21-15(16,17)20-13/h5-6,9,11,18H,2-4,7-8,10H2,1H3. The molecule has 2 heterocycles. The zero-order chi connectivity index (χ0) is 14.9. The van der Waals surface area contributed by atoms with Gasteiger partial charge in [-0.05, 0) is 37.9 Å². The van der Waals surface area contributed by atoms with E-state index >= 15 is 0 Å². The highest BCUT2D eigenvalue weighted by Gasteiger charge is 2.43. The van der Waals surface area contributed by atoms with Crippen LogP contribution in [0.3, 0.4) is 0 Å². The summed E-state index contributed by atoms with van der Waals surface area (Å²) in [5.41, 5.74) is 0.901. The maximum atomic E-state index is 13.0. The Balaban J connectivity index is 1.70. The Morgan fingerprint density at radius 3 is 2.95 bits per heavy atom. The second kappa shape index (κ2) is 5.67. The zero-order valence-corrected chi connectivity index (χ0v) is 12.1. The molecule has 0 aromatic heterocycles. The van der Waals surface area contributed by atoms with E-state index in [0.29, 0.717) is 6.04 Å². The normalized spacial score (nSPS) is 23.4. The van der Waals surface area contributed by atoms with Gasteiger partial charge in [-0.1, -0.05) is 6.92 Å². The van der Waals surface area contributed by atoms with Gasteiger partial charge >= 0.3 is 6.29 Å². The lowest BCUT2D eigenvalue weighted by molar-refractivity contribution is -0.286. The van der Waals surface area contributed by atoms with E-state index in [1.54, 1.807) is 12.1 Å². The van der Waals surface area contributed by atoms with E-state index in [-0.39, 0.29) is 11.5 Å². The second-order valence-electron chi connectivity index (χ2n) is 5.54. The minimum Gasteiger partial charge on any atom is -0.395 e. The molecule has 1 N–H and O–H groups in total. The lowest BCUT2D eigenvalue weighted by Gasteiger charge is -2.35. The fourth-order valence-electron chi connectivity index (χ4n) is 2.86. The van der Waals surface area contributed by atoms with E-state index < -0.39 is 6.29 Å². The van der Waals surface area contributed by atoms with Crippen molar-refractivity contribution in [2.24, 2.45) is 0 Å². The largest absolute Gasteiger partial charge is 0.586 e. The van der Waals surface area contributed by atoms with Crippen LogP contribution >= 0.6 is 0 Å². The molecule has 116 valence electrons. The molecule has 1 saturated heterocycles. The second-order valence-corrected chi connectivity index (χ2v) is 5.54. The Hall–Kier alpha value is -1.56. The van der Waals surface area contributed by atoms with Crippen LogP contribution in [-0.4, -0.2) is 32.0 Å². The van der Waals surface area contributed by atoms with Crippen molar-refractivity contribution < 1.29 is 18.3 Å². The van der Waals surface area contributed by atoms with Crippen LogP contribution in [0.2, 0.25) is 0 Å². The number of piperidine rings is 1. The van der Waals surface area contributed by atoms with Gasteiger partial charge in [0.15, 0.2) is 11.5 Å². The van der Waals surface area contributed by atoms with Crippen molar-refractivity contribution >= 4 is 5.69 Å². The minimum atomic E-state index is -3.55. The first kappa shape index (κ1) is 14.4. The van der Waals surface area contributed by atoms with E-state index in [0.717, 1.165) is 44.6 Å². The molecule has 1 unspecified atom stereocenters. The Bertz CT molecular complexity index is 510. The van der Waals surface area contributed by atoms with E-state index in [4.69, 9.17) is 0 Å². The Morgan fingerprint density at radius 2 is 2.14 bits per heavy atom. The minimum absolute atomic E-state index is 0.0985. The van der Waals surface area contributed by atoms with Crippen LogP contribution in [0.5, 0.6) is 11.5 Å². The molecule has 6 heteroatoms. The maximum Gasteiger partial charge on any atom is 0.586 e. The van der Waals surface area contributed by atoms with Gasteiger partial charge in [-0.15, -0.1) is 8.78 Å². The molecule has 0 aliphatic carbocycles. The predicted octanol–water partition coefficient (Wildman–Crippen LogP) is 2.98. The summed E-state index contributed by atoms with van der Waals surface area (Å²) in [6.45, 7) is 4.97. The summed E-state index contributed by atoms with van der Waals surface area (Å²) in [7, 11) is 0. The van der Waals surface area contributed by atoms with E-state index in [9.17, 15) is 8.78 Å². The van der Waals surface area contributed by atoms with Gasteiger partial charge in [0.2, 0.25) is 0 Å². The van der Waals surface area contributed by atoms with E-state index in [2.05, 4.69) is 26.6 Å². The first-order valence-electron chi connectivity index (χ1n) is 7.45. The highest BCUT2D eigenvalue weighted by atomic mass is 19.3. The van der Waals surface area contributed by atoms with Crippen LogP contribution in [-0.2, 0) is 0 Å². The highest BCUT2D eigenvalue weighted by Crippen LogP contribution is 2.43. The van der Waals surface area contributed by atoms with Gasteiger partial charge in [-0.25, -0.2) is 0 Å². The molecular formula is C15H20F2N2O2. The van der Waals surface area contributed by atoms with Crippen molar-refractivity contribution in [3.63, 3.8) is 0 Å². The van der Waals surface area contributed by atoms with Crippen molar-refractivity contribution in [2.45, 2.75) is 38.5 Å². The zero-order valence-electron chi connectivity index (χ0n) is 12.1. The van der Waals surface area contributed by atoms with Gasteiger partial charge in [0.05, 0.1) is 0 Å². The number of anilines is 1. The molecule has 0 bridgehead atoms. The summed E-state index contributed by atoms with van der Waals surface area (Å²) in [4.78, 5) is 2.21. The summed E-state index contributed by atoms with van der Waals surface area (Å²) in [5.74, 6) is 0.211. The number of ether oxygens (including phenoxy) is 2. The van der Waals surface area contributed by atoms with Crippen molar-refractivity contribution in [2.75, 3.05) is 24.5 Å². The molecule has 3 rings (SSSR count). The summed E-state index contributed by atoms with van der Waals surface area (Å²) < 4.78 is 35.0. The number of halogens is 2. The molecule has 0 spiro atoms. The lowest BCUT2D eigenvalue weighted by Crippen LogP contribution is -2.46. The molecule has 1 aromatic carbocycles. The molecule has 0 saturated carbocycles. The van der Waals surface area contributed by atoms with Crippen LogP contribution in [0.4, 0.5) is 14.5 Å². The van der Waals surface area contributed by atoms with Gasteiger partial charge in [0.25, 0.3) is 0 Å². The quantitative estimate of drug-likeness (QED) is 0.926. The van der Waals surface area contributed by atoms with Crippen molar-refractivity contribution in [1.82, 2.24) is 5.32 Å². The average Bonchev–Trinajstić information content (AvgIpc) is 2.78. The average molecular weight is 298 g/mol. The number of rotatable bonds is 4. The van der Waals surface area contributed by atoms with Crippen LogP contribution in [0.1, 0.15) is 26.2 Å². The molecule has 1 atom stereocenters. The molecular weight excluding hydrogens is 278 g/mol. The summed E-state index contributed by atoms with van der Waals surface area (Å²) >= 11 is 0. The first-order valence-corrected chi connectivity index (χ1v) is 7.45. The molecule has 4 nitrogen and oxygen atoms in total. The summed E-state index contributed by atoms with van der Waals surface area (Å²) in [6.07, 6.45) is -0.200. The molecule has 1 fully saturated rings. The fourth-order valence-corrected chi connectivity index (χ4v) is 2.86. The number of nitrogens with zero attached hydrogens (tertiary/aromatic N) is 1. The number of benzene rings is 1. The summed E-state index contributed by atoms with van der Waals surface area (Å²) in [6, 6.07) is 5.45. The van der Waals surface area contributed by atoms with Crippen molar-refractivity contribution in [1.29, 1.82) is 0 Å². The first-order chi connectivity index (χ1) is 10.1. The monoisotopic (exact) mass is 298 g/mol. The topological polar surface area (TPSA) is 33.7 Å². The third-order valence-corrected chi connectivity index (χ3v) is 3.85. The van der Waals surface area contributed by atoms with Gasteiger partial charge in [0.1, 0.15) is 0 Å². The van der Waals surface area contributed by atoms with Gasteiger partial charge in [0, 0.05) is 30.9 Å². The third-order valence-electron chi connectivity index (χ3n) is 3.85. The Kier molecular flexibility index (Phi) is 3.89. The Morgan fingerprint density at radius 1 is 1.33 bits per heavy atom. The summed E-state index contributed by atoms with van der Waals surface area (Å²) in [5, 5.41) is 3.52. The van der Waals surface area contributed by atoms with E-state index in [1.807, 2.05) is 6.07 Å². The number of nitrogens with one attached hydrogen (secondary N) is 1. The number of hydrogen-bond acceptors (Lipinski definition) is 4. The molecule has 2 aliphatic heterocycles. The van der Waals surface area contributed by atoms with Gasteiger partial charge in [-0.3, -0.25) is 0 Å². The van der Waals surface area contributed by atoms with Crippen LogP contribution in [0.15, 0.2) is 18.2 Å². The molecule has 21 heavy (non-hydrogen) atoms. The molecule has 1 aromatic rings. The van der Waals surface area contributed by atoms with E-state index in [1.165, 1.54) is 0 Å². The number of fused-ring (bicyclic) bond motifs is 1. The van der Waals surface area contributed by atoms with Crippen LogP contribution < -0.4 is 19.7 Å². The third kappa shape index (κ3) is 3.20. The molecule has 0 radical (unpaired) electrons.